The second-order valence-electron chi connectivity index (χ2n) is 7.67. The van der Waals surface area contributed by atoms with Crippen LogP contribution >= 0.6 is 0 Å². The van der Waals surface area contributed by atoms with E-state index in [0.717, 1.165) is 47.6 Å². The second kappa shape index (κ2) is 7.86. The van der Waals surface area contributed by atoms with Gasteiger partial charge in [0.25, 0.3) is 5.91 Å². The molecule has 154 valence electrons. The van der Waals surface area contributed by atoms with Crippen molar-refractivity contribution in [2.45, 2.75) is 32.7 Å². The standard InChI is InChI=1S/C24H25N3O3/c1-2-26(16-17-11-12-21-22(15-17)30-14-13-29-21)24(28)23-19-9-6-10-20(19)27(25-23)18-7-4-3-5-8-18/h3-5,7-8,11-12,15H,2,6,9-10,13-14,16H2,1H3. The lowest BCUT2D eigenvalue weighted by Crippen LogP contribution is -2.31. The normalized spacial score (nSPS) is 14.4. The Balaban J connectivity index is 1.43. The summed E-state index contributed by atoms with van der Waals surface area (Å²) in [7, 11) is 0. The molecule has 1 aliphatic carbocycles. The van der Waals surface area contributed by atoms with Gasteiger partial charge in [-0.05, 0) is 56.0 Å². The molecule has 2 aliphatic rings. The minimum absolute atomic E-state index is 0.0137. The number of benzene rings is 2. The van der Waals surface area contributed by atoms with Crippen LogP contribution in [0.1, 0.15) is 40.7 Å². The van der Waals surface area contributed by atoms with E-state index in [9.17, 15) is 4.79 Å². The Morgan fingerprint density at radius 1 is 1.07 bits per heavy atom. The highest BCUT2D eigenvalue weighted by atomic mass is 16.6. The molecule has 0 N–H and O–H groups in total. The van der Waals surface area contributed by atoms with E-state index in [-0.39, 0.29) is 5.91 Å². The van der Waals surface area contributed by atoms with Gasteiger partial charge < -0.3 is 14.4 Å². The zero-order valence-corrected chi connectivity index (χ0v) is 17.1. The molecule has 3 aromatic rings. The molecule has 0 spiro atoms. The van der Waals surface area contributed by atoms with Crippen LogP contribution in [0.2, 0.25) is 0 Å². The van der Waals surface area contributed by atoms with Gasteiger partial charge in [-0.25, -0.2) is 4.68 Å². The van der Waals surface area contributed by atoms with E-state index in [0.29, 0.717) is 32.0 Å². The SMILES string of the molecule is CCN(Cc1ccc2c(c1)OCCO2)C(=O)c1nn(-c2ccccc2)c2c1CCC2. The molecule has 0 fully saturated rings. The highest BCUT2D eigenvalue weighted by Gasteiger charge is 2.29. The third kappa shape index (κ3) is 3.32. The third-order valence-corrected chi connectivity index (χ3v) is 5.78. The first-order valence-corrected chi connectivity index (χ1v) is 10.6. The molecule has 0 radical (unpaired) electrons. The maximum absolute atomic E-state index is 13.5. The van der Waals surface area contributed by atoms with Crippen LogP contribution in [-0.2, 0) is 19.4 Å². The molecule has 2 aromatic carbocycles. The fraction of sp³-hybridized carbons (Fsp3) is 0.333. The Morgan fingerprint density at radius 3 is 2.67 bits per heavy atom. The van der Waals surface area contributed by atoms with E-state index in [1.54, 1.807) is 0 Å². The largest absolute Gasteiger partial charge is 0.486 e. The zero-order chi connectivity index (χ0) is 20.5. The summed E-state index contributed by atoms with van der Waals surface area (Å²) in [6.07, 6.45) is 2.93. The van der Waals surface area contributed by atoms with Crippen molar-refractivity contribution in [2.24, 2.45) is 0 Å². The molecule has 0 unspecified atom stereocenters. The summed E-state index contributed by atoms with van der Waals surface area (Å²) < 4.78 is 13.2. The lowest BCUT2D eigenvalue weighted by Gasteiger charge is -2.23. The minimum Gasteiger partial charge on any atom is -0.486 e. The van der Waals surface area contributed by atoms with Crippen molar-refractivity contribution < 1.29 is 14.3 Å². The number of carbonyl (C=O) groups is 1. The maximum atomic E-state index is 13.5. The molecule has 0 saturated carbocycles. The number of nitrogens with zero attached hydrogens (tertiary/aromatic N) is 3. The van der Waals surface area contributed by atoms with E-state index in [1.807, 2.05) is 65.0 Å². The van der Waals surface area contributed by atoms with Gasteiger partial charge in [-0.3, -0.25) is 4.79 Å². The number of carbonyl (C=O) groups excluding carboxylic acids is 1. The van der Waals surface area contributed by atoms with Gasteiger partial charge in [-0.1, -0.05) is 24.3 Å². The van der Waals surface area contributed by atoms with Gasteiger partial charge in [0.2, 0.25) is 0 Å². The van der Waals surface area contributed by atoms with Crippen LogP contribution in [0.5, 0.6) is 11.5 Å². The zero-order valence-electron chi connectivity index (χ0n) is 17.1. The molecule has 5 rings (SSSR count). The summed E-state index contributed by atoms with van der Waals surface area (Å²) in [6.45, 7) is 4.25. The molecule has 1 aromatic heterocycles. The minimum atomic E-state index is -0.0137. The predicted molar refractivity (Wildman–Crippen MR) is 113 cm³/mol. The van der Waals surface area contributed by atoms with Crippen molar-refractivity contribution in [3.8, 4) is 17.2 Å². The van der Waals surface area contributed by atoms with Crippen LogP contribution in [0.4, 0.5) is 0 Å². The molecular formula is C24H25N3O3. The van der Waals surface area contributed by atoms with Crippen molar-refractivity contribution >= 4 is 5.91 Å². The molecule has 1 aliphatic heterocycles. The van der Waals surface area contributed by atoms with Crippen molar-refractivity contribution in [2.75, 3.05) is 19.8 Å². The molecular weight excluding hydrogens is 378 g/mol. The topological polar surface area (TPSA) is 56.6 Å². The molecule has 0 saturated heterocycles. The van der Waals surface area contributed by atoms with Gasteiger partial charge in [0.05, 0.1) is 5.69 Å². The van der Waals surface area contributed by atoms with Crippen molar-refractivity contribution in [1.29, 1.82) is 0 Å². The molecule has 6 nitrogen and oxygen atoms in total. The summed E-state index contributed by atoms with van der Waals surface area (Å²) in [5.74, 6) is 1.50. The molecule has 30 heavy (non-hydrogen) atoms. The number of aromatic nitrogens is 2. The Hall–Kier alpha value is -3.28. The van der Waals surface area contributed by atoms with E-state index in [4.69, 9.17) is 14.6 Å². The van der Waals surface area contributed by atoms with Gasteiger partial charge in [-0.2, -0.15) is 5.10 Å². The van der Waals surface area contributed by atoms with E-state index in [1.165, 1.54) is 5.69 Å². The lowest BCUT2D eigenvalue weighted by atomic mass is 10.1. The highest BCUT2D eigenvalue weighted by Crippen LogP contribution is 2.32. The summed E-state index contributed by atoms with van der Waals surface area (Å²) in [5, 5.41) is 4.76. The number of para-hydroxylation sites is 1. The average Bonchev–Trinajstić information content (AvgIpc) is 3.40. The van der Waals surface area contributed by atoms with Crippen LogP contribution in [0.15, 0.2) is 48.5 Å². The molecule has 2 heterocycles. The molecule has 1 amide bonds. The first-order valence-electron chi connectivity index (χ1n) is 10.6. The van der Waals surface area contributed by atoms with Gasteiger partial charge >= 0.3 is 0 Å². The Bertz CT molecular complexity index is 1070. The number of rotatable bonds is 5. The Labute approximate surface area is 176 Å². The van der Waals surface area contributed by atoms with Crippen LogP contribution in [0.25, 0.3) is 5.69 Å². The molecule has 0 atom stereocenters. The van der Waals surface area contributed by atoms with E-state index < -0.39 is 0 Å². The van der Waals surface area contributed by atoms with Gasteiger partial charge in [0.15, 0.2) is 17.2 Å². The van der Waals surface area contributed by atoms with Crippen molar-refractivity contribution in [3.05, 3.63) is 71.0 Å². The highest BCUT2D eigenvalue weighted by molar-refractivity contribution is 5.94. The van der Waals surface area contributed by atoms with E-state index in [2.05, 4.69) is 0 Å². The fourth-order valence-electron chi connectivity index (χ4n) is 4.28. The lowest BCUT2D eigenvalue weighted by molar-refractivity contribution is 0.0744. The van der Waals surface area contributed by atoms with Crippen LogP contribution < -0.4 is 9.47 Å². The summed E-state index contributed by atoms with van der Waals surface area (Å²) in [5.41, 5.74) is 4.88. The Morgan fingerprint density at radius 2 is 1.87 bits per heavy atom. The Kier molecular flexibility index (Phi) is 4.91. The predicted octanol–water partition coefficient (Wildman–Crippen LogP) is 3.79. The fourth-order valence-corrected chi connectivity index (χ4v) is 4.28. The summed E-state index contributed by atoms with van der Waals surface area (Å²) in [6, 6.07) is 15.9. The average molecular weight is 403 g/mol. The first kappa shape index (κ1) is 18.7. The maximum Gasteiger partial charge on any atom is 0.274 e. The summed E-state index contributed by atoms with van der Waals surface area (Å²) in [4.78, 5) is 15.3. The quantitative estimate of drug-likeness (QED) is 0.650. The van der Waals surface area contributed by atoms with Gasteiger partial charge in [0, 0.05) is 24.3 Å². The van der Waals surface area contributed by atoms with Crippen molar-refractivity contribution in [3.63, 3.8) is 0 Å². The summed E-state index contributed by atoms with van der Waals surface area (Å²) >= 11 is 0. The van der Waals surface area contributed by atoms with Gasteiger partial charge in [0.1, 0.15) is 13.2 Å². The van der Waals surface area contributed by atoms with Crippen LogP contribution in [0, 0.1) is 0 Å². The van der Waals surface area contributed by atoms with E-state index >= 15 is 0 Å². The second-order valence-corrected chi connectivity index (χ2v) is 7.67. The van der Waals surface area contributed by atoms with Crippen LogP contribution in [0.3, 0.4) is 0 Å². The molecule has 6 heteroatoms. The smallest absolute Gasteiger partial charge is 0.274 e. The van der Waals surface area contributed by atoms with Gasteiger partial charge in [-0.15, -0.1) is 0 Å². The van der Waals surface area contributed by atoms with Crippen LogP contribution in [-0.4, -0.2) is 40.3 Å². The van der Waals surface area contributed by atoms with Crippen molar-refractivity contribution in [1.82, 2.24) is 14.7 Å². The number of hydrogen-bond donors (Lipinski definition) is 0. The third-order valence-electron chi connectivity index (χ3n) is 5.78. The number of hydrogen-bond acceptors (Lipinski definition) is 4. The number of fused-ring (bicyclic) bond motifs is 2. The monoisotopic (exact) mass is 403 g/mol. The molecule has 0 bridgehead atoms. The number of ether oxygens (including phenoxy) is 2. The first-order chi connectivity index (χ1) is 14.7. The number of amides is 1.